The average Bonchev–Trinajstić information content (AvgIpc) is 3.37. The van der Waals surface area contributed by atoms with Crippen molar-refractivity contribution in [1.29, 1.82) is 0 Å². The van der Waals surface area contributed by atoms with Crippen molar-refractivity contribution in [3.8, 4) is 22.5 Å². The standard InChI is InChI=1S/C24H21F2N5O/c1-30-22(13-20(29-30)16-10-9-15(25)12-18(16)26)24(32)28-19-7-3-2-6-17(19)21-14-31-11-5-4-8-23(31)27-21/h2-3,6-7,9-10,12-14H,4-5,8,11H2,1H3,(H,28,32). The maximum absolute atomic E-state index is 14.2. The largest absolute Gasteiger partial charge is 0.334 e. The minimum absolute atomic E-state index is 0.130. The zero-order valence-corrected chi connectivity index (χ0v) is 17.5. The number of aryl methyl sites for hydroxylation is 3. The average molecular weight is 433 g/mol. The number of imidazole rings is 1. The molecule has 162 valence electrons. The van der Waals surface area contributed by atoms with Gasteiger partial charge in [0.15, 0.2) is 0 Å². The molecule has 32 heavy (non-hydrogen) atoms. The molecule has 8 heteroatoms. The molecular weight excluding hydrogens is 412 g/mol. The smallest absolute Gasteiger partial charge is 0.273 e. The molecule has 3 heterocycles. The zero-order chi connectivity index (χ0) is 22.2. The third-order valence-electron chi connectivity index (χ3n) is 5.68. The van der Waals surface area contributed by atoms with Crippen LogP contribution in [0.5, 0.6) is 0 Å². The van der Waals surface area contributed by atoms with Gasteiger partial charge in [-0.3, -0.25) is 9.48 Å². The Morgan fingerprint density at radius 2 is 1.88 bits per heavy atom. The topological polar surface area (TPSA) is 64.7 Å². The second-order valence-corrected chi connectivity index (χ2v) is 7.86. The molecule has 1 aliphatic heterocycles. The fraction of sp³-hybridized carbons (Fsp3) is 0.208. The fourth-order valence-electron chi connectivity index (χ4n) is 4.05. The number of amides is 1. The number of fused-ring (bicyclic) bond motifs is 1. The summed E-state index contributed by atoms with van der Waals surface area (Å²) in [4.78, 5) is 17.8. The Morgan fingerprint density at radius 1 is 1.03 bits per heavy atom. The number of hydrogen-bond donors (Lipinski definition) is 1. The Balaban J connectivity index is 1.44. The van der Waals surface area contributed by atoms with Gasteiger partial charge in [0.1, 0.15) is 23.2 Å². The van der Waals surface area contributed by atoms with Crippen molar-refractivity contribution in [2.75, 3.05) is 5.32 Å². The SMILES string of the molecule is Cn1nc(-c2ccc(F)cc2F)cc1C(=O)Nc1ccccc1-c1cn2c(n1)CCCC2. The van der Waals surface area contributed by atoms with Crippen molar-refractivity contribution in [3.63, 3.8) is 0 Å². The monoisotopic (exact) mass is 433 g/mol. The van der Waals surface area contributed by atoms with Crippen LogP contribution in [0.4, 0.5) is 14.5 Å². The highest BCUT2D eigenvalue weighted by molar-refractivity contribution is 6.05. The summed E-state index contributed by atoms with van der Waals surface area (Å²) in [5.41, 5.74) is 2.91. The Labute approximate surface area is 183 Å². The van der Waals surface area contributed by atoms with E-state index >= 15 is 0 Å². The van der Waals surface area contributed by atoms with E-state index in [0.717, 1.165) is 55.0 Å². The molecule has 1 N–H and O–H groups in total. The van der Waals surface area contributed by atoms with Gasteiger partial charge in [-0.2, -0.15) is 5.10 Å². The highest BCUT2D eigenvalue weighted by atomic mass is 19.1. The Bertz CT molecular complexity index is 1300. The minimum atomic E-state index is -0.732. The van der Waals surface area contributed by atoms with Crippen molar-refractivity contribution in [3.05, 3.63) is 77.9 Å². The number of benzene rings is 2. The van der Waals surface area contributed by atoms with Gasteiger partial charge in [0, 0.05) is 43.4 Å². The van der Waals surface area contributed by atoms with Gasteiger partial charge in [0.2, 0.25) is 0 Å². The highest BCUT2D eigenvalue weighted by Crippen LogP contribution is 2.30. The molecule has 5 rings (SSSR count). The molecule has 0 spiro atoms. The molecule has 0 atom stereocenters. The van der Waals surface area contributed by atoms with Crippen molar-refractivity contribution < 1.29 is 13.6 Å². The molecular formula is C24H21F2N5O. The van der Waals surface area contributed by atoms with Crippen molar-refractivity contribution in [1.82, 2.24) is 19.3 Å². The van der Waals surface area contributed by atoms with Gasteiger partial charge in [0.05, 0.1) is 17.1 Å². The first-order valence-corrected chi connectivity index (χ1v) is 10.5. The van der Waals surface area contributed by atoms with Gasteiger partial charge in [-0.25, -0.2) is 13.8 Å². The third-order valence-corrected chi connectivity index (χ3v) is 5.68. The molecule has 6 nitrogen and oxygen atoms in total. The summed E-state index contributed by atoms with van der Waals surface area (Å²) in [6, 6.07) is 12.3. The van der Waals surface area contributed by atoms with Crippen LogP contribution in [0.25, 0.3) is 22.5 Å². The van der Waals surface area contributed by atoms with E-state index in [1.165, 1.54) is 16.8 Å². The predicted molar refractivity (Wildman–Crippen MR) is 117 cm³/mol. The molecule has 1 amide bonds. The Kier molecular flexibility index (Phi) is 5.05. The summed E-state index contributed by atoms with van der Waals surface area (Å²) >= 11 is 0. The van der Waals surface area contributed by atoms with Crippen LogP contribution in [-0.4, -0.2) is 25.2 Å². The van der Waals surface area contributed by atoms with Crippen LogP contribution in [0, 0.1) is 11.6 Å². The van der Waals surface area contributed by atoms with Gasteiger partial charge >= 0.3 is 0 Å². The number of carbonyl (C=O) groups excluding carboxylic acids is 1. The van der Waals surface area contributed by atoms with E-state index in [1.54, 1.807) is 7.05 Å². The van der Waals surface area contributed by atoms with Crippen LogP contribution in [0.3, 0.4) is 0 Å². The summed E-state index contributed by atoms with van der Waals surface area (Å²) < 4.78 is 30.9. The molecule has 1 aliphatic rings. The number of hydrogen-bond acceptors (Lipinski definition) is 3. The molecule has 0 unspecified atom stereocenters. The number of nitrogens with one attached hydrogen (secondary N) is 1. The fourth-order valence-corrected chi connectivity index (χ4v) is 4.05. The molecule has 0 aliphatic carbocycles. The van der Waals surface area contributed by atoms with Gasteiger partial charge in [-0.05, 0) is 37.1 Å². The summed E-state index contributed by atoms with van der Waals surface area (Å²) in [6.45, 7) is 0.953. The van der Waals surface area contributed by atoms with Crippen LogP contribution in [0.15, 0.2) is 54.7 Å². The molecule has 0 fully saturated rings. The van der Waals surface area contributed by atoms with Crippen molar-refractivity contribution in [2.45, 2.75) is 25.8 Å². The molecule has 0 radical (unpaired) electrons. The first-order valence-electron chi connectivity index (χ1n) is 10.5. The number of para-hydroxylation sites is 1. The first kappa shape index (κ1) is 20.1. The van der Waals surface area contributed by atoms with E-state index in [2.05, 4.69) is 15.0 Å². The number of anilines is 1. The van der Waals surface area contributed by atoms with E-state index in [0.29, 0.717) is 5.69 Å². The lowest BCUT2D eigenvalue weighted by atomic mass is 10.1. The molecule has 0 saturated heterocycles. The quantitative estimate of drug-likeness (QED) is 0.502. The van der Waals surface area contributed by atoms with Crippen LogP contribution < -0.4 is 5.32 Å². The second-order valence-electron chi connectivity index (χ2n) is 7.86. The van der Waals surface area contributed by atoms with E-state index < -0.39 is 11.6 Å². The number of nitrogens with zero attached hydrogens (tertiary/aromatic N) is 4. The van der Waals surface area contributed by atoms with Crippen LogP contribution >= 0.6 is 0 Å². The van der Waals surface area contributed by atoms with Gasteiger partial charge < -0.3 is 9.88 Å². The third kappa shape index (κ3) is 3.68. The second kappa shape index (κ2) is 8.03. The highest BCUT2D eigenvalue weighted by Gasteiger charge is 2.20. The Morgan fingerprint density at radius 3 is 2.69 bits per heavy atom. The van der Waals surface area contributed by atoms with Crippen LogP contribution in [0.2, 0.25) is 0 Å². The first-order chi connectivity index (χ1) is 15.5. The summed E-state index contributed by atoms with van der Waals surface area (Å²) in [7, 11) is 1.61. The molecule has 0 saturated carbocycles. The number of rotatable bonds is 4. The molecule has 2 aromatic carbocycles. The molecule has 2 aromatic heterocycles. The lowest BCUT2D eigenvalue weighted by molar-refractivity contribution is 0.101. The van der Waals surface area contributed by atoms with Crippen LogP contribution in [0.1, 0.15) is 29.2 Å². The lowest BCUT2D eigenvalue weighted by Crippen LogP contribution is -2.16. The maximum Gasteiger partial charge on any atom is 0.273 e. The van der Waals surface area contributed by atoms with E-state index in [1.807, 2.05) is 30.5 Å². The lowest BCUT2D eigenvalue weighted by Gasteiger charge is -2.11. The number of halogens is 2. The number of aromatic nitrogens is 4. The van der Waals surface area contributed by atoms with E-state index in [-0.39, 0.29) is 22.9 Å². The van der Waals surface area contributed by atoms with Gasteiger partial charge in [-0.15, -0.1) is 0 Å². The van der Waals surface area contributed by atoms with Gasteiger partial charge in [0.25, 0.3) is 5.91 Å². The summed E-state index contributed by atoms with van der Waals surface area (Å²) in [5.74, 6) is -0.725. The summed E-state index contributed by atoms with van der Waals surface area (Å²) in [6.07, 6.45) is 5.25. The van der Waals surface area contributed by atoms with E-state index in [9.17, 15) is 13.6 Å². The molecule has 4 aromatic rings. The minimum Gasteiger partial charge on any atom is -0.334 e. The zero-order valence-electron chi connectivity index (χ0n) is 17.5. The maximum atomic E-state index is 14.2. The van der Waals surface area contributed by atoms with E-state index in [4.69, 9.17) is 4.98 Å². The normalized spacial score (nSPS) is 13.1. The summed E-state index contributed by atoms with van der Waals surface area (Å²) in [5, 5.41) is 7.17. The van der Waals surface area contributed by atoms with Crippen molar-refractivity contribution >= 4 is 11.6 Å². The van der Waals surface area contributed by atoms with Gasteiger partial charge in [-0.1, -0.05) is 18.2 Å². The number of carbonyl (C=O) groups is 1. The Hall–Kier alpha value is -3.81. The molecule has 0 bridgehead atoms. The predicted octanol–water partition coefficient (Wildman–Crippen LogP) is 4.82. The van der Waals surface area contributed by atoms with Crippen molar-refractivity contribution in [2.24, 2.45) is 7.05 Å². The van der Waals surface area contributed by atoms with Crippen LogP contribution in [-0.2, 0) is 20.0 Å².